The number of hydrogen-bond acceptors (Lipinski definition) is 0. The Bertz CT molecular complexity index is 449. The van der Waals surface area contributed by atoms with Gasteiger partial charge in [0.25, 0.3) is 0 Å². The molecule has 0 heterocycles. The molecule has 3 fully saturated rings. The summed E-state index contributed by atoms with van der Waals surface area (Å²) in [4.78, 5) is 0. The molecule has 9 atom stereocenters. The van der Waals surface area contributed by atoms with Gasteiger partial charge in [0.05, 0.1) is 0 Å². The second kappa shape index (κ2) is 10.3. The summed E-state index contributed by atoms with van der Waals surface area (Å²) in [6.07, 6.45) is 18.1. The molecule has 0 saturated heterocycles. The molecule has 3 aliphatic rings. The second-order valence-corrected chi connectivity index (χ2v) is 12.2. The van der Waals surface area contributed by atoms with Crippen molar-refractivity contribution in [1.82, 2.24) is 0 Å². The minimum absolute atomic E-state index is 0.905. The van der Waals surface area contributed by atoms with Crippen LogP contribution in [0, 0.1) is 59.2 Å². The van der Waals surface area contributed by atoms with Crippen molar-refractivity contribution in [2.24, 2.45) is 59.2 Å². The van der Waals surface area contributed by atoms with E-state index in [2.05, 4.69) is 41.5 Å². The van der Waals surface area contributed by atoms with Gasteiger partial charge in [-0.3, -0.25) is 0 Å². The summed E-state index contributed by atoms with van der Waals surface area (Å²) >= 11 is 0. The summed E-state index contributed by atoms with van der Waals surface area (Å²) < 4.78 is 0. The predicted molar refractivity (Wildman–Crippen MR) is 124 cm³/mol. The molecular weight excluding hydrogens is 336 g/mol. The van der Waals surface area contributed by atoms with Crippen molar-refractivity contribution in [3.8, 4) is 0 Å². The Hall–Kier alpha value is 0. The Kier molecular flexibility index (Phi) is 8.38. The molecule has 0 amide bonds. The summed E-state index contributed by atoms with van der Waals surface area (Å²) in [6, 6.07) is 0. The van der Waals surface area contributed by atoms with Gasteiger partial charge in [-0.25, -0.2) is 0 Å². The van der Waals surface area contributed by atoms with Crippen molar-refractivity contribution in [2.75, 3.05) is 0 Å². The first-order valence-corrected chi connectivity index (χ1v) is 13.4. The highest BCUT2D eigenvalue weighted by atomic mass is 14.5. The molecule has 3 saturated carbocycles. The van der Waals surface area contributed by atoms with E-state index in [4.69, 9.17) is 0 Å². The Morgan fingerprint density at radius 2 is 1.61 bits per heavy atom. The van der Waals surface area contributed by atoms with E-state index in [0.717, 1.165) is 59.2 Å². The summed E-state index contributed by atoms with van der Waals surface area (Å²) in [6.45, 7) is 15.0. The molecule has 0 radical (unpaired) electrons. The maximum absolute atomic E-state index is 2.57. The lowest BCUT2D eigenvalue weighted by Crippen LogP contribution is -2.39. The highest BCUT2D eigenvalue weighted by Gasteiger charge is 2.43. The fourth-order valence-electron chi connectivity index (χ4n) is 8.36. The van der Waals surface area contributed by atoms with Gasteiger partial charge in [0.1, 0.15) is 0 Å². The fourth-order valence-corrected chi connectivity index (χ4v) is 8.36. The molecule has 0 N–H and O–H groups in total. The smallest absolute Gasteiger partial charge is 0.0334 e. The number of hydrogen-bond donors (Lipinski definition) is 0. The molecule has 0 heteroatoms. The normalized spacial score (nSPS) is 41.7. The molecule has 0 aromatic rings. The lowest BCUT2D eigenvalue weighted by molar-refractivity contribution is 0.0256. The lowest BCUT2D eigenvalue weighted by atomic mass is 9.58. The highest BCUT2D eigenvalue weighted by molar-refractivity contribution is 4.93. The average Bonchev–Trinajstić information content (AvgIpc) is 3.00. The Labute approximate surface area is 178 Å². The largest absolute Gasteiger partial charge is 0.0654 e. The lowest BCUT2D eigenvalue weighted by Gasteiger charge is -2.47. The SMILES string of the molecule is CCCC1CC(C)C1C(C)CCCCCC1CC2CC(C)CC2C(C(C)C)C1. The Morgan fingerprint density at radius 3 is 2.29 bits per heavy atom. The van der Waals surface area contributed by atoms with E-state index in [1.54, 1.807) is 19.3 Å². The van der Waals surface area contributed by atoms with Gasteiger partial charge in [0, 0.05) is 0 Å². The average molecular weight is 389 g/mol. The third kappa shape index (κ3) is 5.37. The van der Waals surface area contributed by atoms with Gasteiger partial charge in [0.2, 0.25) is 0 Å². The van der Waals surface area contributed by atoms with Crippen LogP contribution in [0.2, 0.25) is 0 Å². The van der Waals surface area contributed by atoms with Gasteiger partial charge in [-0.2, -0.15) is 0 Å². The minimum Gasteiger partial charge on any atom is -0.0654 e. The van der Waals surface area contributed by atoms with E-state index in [9.17, 15) is 0 Å². The minimum atomic E-state index is 0.905. The standard InChI is InChI=1S/C28H52/c1-7-11-24-16-22(6)28(24)21(5)12-9-8-10-13-23-17-25-14-20(4)15-27(25)26(18-23)19(2)3/h19-28H,7-18H2,1-6H3. The fraction of sp³-hybridized carbons (Fsp3) is 1.00. The molecule has 28 heavy (non-hydrogen) atoms. The van der Waals surface area contributed by atoms with Crippen molar-refractivity contribution < 1.29 is 0 Å². The monoisotopic (exact) mass is 388 g/mol. The predicted octanol–water partition coefficient (Wildman–Crippen LogP) is 8.99. The topological polar surface area (TPSA) is 0 Å². The molecule has 0 aromatic carbocycles. The molecule has 3 aliphatic carbocycles. The van der Waals surface area contributed by atoms with Crippen molar-refractivity contribution in [3.63, 3.8) is 0 Å². The van der Waals surface area contributed by atoms with Gasteiger partial charge in [-0.05, 0) is 91.3 Å². The molecule has 3 rings (SSSR count). The first-order valence-electron chi connectivity index (χ1n) is 13.4. The van der Waals surface area contributed by atoms with Crippen molar-refractivity contribution in [2.45, 2.75) is 119 Å². The maximum atomic E-state index is 2.57. The van der Waals surface area contributed by atoms with Crippen LogP contribution in [0.1, 0.15) is 119 Å². The van der Waals surface area contributed by atoms with Crippen LogP contribution in [0.25, 0.3) is 0 Å². The van der Waals surface area contributed by atoms with Crippen LogP contribution in [-0.4, -0.2) is 0 Å². The Morgan fingerprint density at radius 1 is 0.821 bits per heavy atom. The van der Waals surface area contributed by atoms with Gasteiger partial charge < -0.3 is 0 Å². The van der Waals surface area contributed by atoms with E-state index < -0.39 is 0 Å². The third-order valence-corrected chi connectivity index (χ3v) is 9.60. The van der Waals surface area contributed by atoms with E-state index in [0.29, 0.717) is 0 Å². The zero-order chi connectivity index (χ0) is 20.3. The van der Waals surface area contributed by atoms with E-state index in [1.807, 2.05) is 0 Å². The maximum Gasteiger partial charge on any atom is -0.0334 e. The van der Waals surface area contributed by atoms with Crippen LogP contribution in [-0.2, 0) is 0 Å². The number of rotatable bonds is 10. The molecular formula is C28H52. The summed E-state index contributed by atoms with van der Waals surface area (Å²) in [5, 5.41) is 0. The Balaban J connectivity index is 1.35. The molecule has 0 bridgehead atoms. The van der Waals surface area contributed by atoms with Crippen LogP contribution in [0.3, 0.4) is 0 Å². The summed E-state index contributed by atoms with van der Waals surface area (Å²) in [5.74, 6) is 10.2. The van der Waals surface area contributed by atoms with Crippen LogP contribution in [0.5, 0.6) is 0 Å². The first kappa shape index (κ1) is 22.7. The van der Waals surface area contributed by atoms with Crippen LogP contribution >= 0.6 is 0 Å². The first-order chi connectivity index (χ1) is 13.4. The van der Waals surface area contributed by atoms with E-state index >= 15 is 0 Å². The van der Waals surface area contributed by atoms with Crippen LogP contribution in [0.4, 0.5) is 0 Å². The molecule has 164 valence electrons. The molecule has 0 aromatic heterocycles. The van der Waals surface area contributed by atoms with Crippen molar-refractivity contribution >= 4 is 0 Å². The van der Waals surface area contributed by atoms with Gasteiger partial charge >= 0.3 is 0 Å². The molecule has 0 aliphatic heterocycles. The zero-order valence-corrected chi connectivity index (χ0v) is 20.3. The molecule has 0 spiro atoms. The van der Waals surface area contributed by atoms with E-state index in [-0.39, 0.29) is 0 Å². The highest BCUT2D eigenvalue weighted by Crippen LogP contribution is 2.52. The zero-order valence-electron chi connectivity index (χ0n) is 20.3. The quantitative estimate of drug-likeness (QED) is 0.327. The third-order valence-electron chi connectivity index (χ3n) is 9.60. The van der Waals surface area contributed by atoms with Crippen molar-refractivity contribution in [3.05, 3.63) is 0 Å². The number of fused-ring (bicyclic) bond motifs is 1. The van der Waals surface area contributed by atoms with Gasteiger partial charge in [-0.15, -0.1) is 0 Å². The summed E-state index contributed by atoms with van der Waals surface area (Å²) in [5.41, 5.74) is 0. The van der Waals surface area contributed by atoms with Gasteiger partial charge in [-0.1, -0.05) is 86.5 Å². The van der Waals surface area contributed by atoms with Crippen LogP contribution in [0.15, 0.2) is 0 Å². The summed E-state index contributed by atoms with van der Waals surface area (Å²) in [7, 11) is 0. The molecule has 9 unspecified atom stereocenters. The second-order valence-electron chi connectivity index (χ2n) is 12.2. The number of unbranched alkanes of at least 4 members (excludes halogenated alkanes) is 2. The van der Waals surface area contributed by atoms with Crippen LogP contribution < -0.4 is 0 Å². The van der Waals surface area contributed by atoms with Gasteiger partial charge in [0.15, 0.2) is 0 Å². The van der Waals surface area contributed by atoms with E-state index in [1.165, 1.54) is 57.8 Å². The van der Waals surface area contributed by atoms with Crippen molar-refractivity contribution in [1.29, 1.82) is 0 Å². The molecule has 0 nitrogen and oxygen atoms in total.